The Morgan fingerprint density at radius 1 is 1.37 bits per heavy atom. The Morgan fingerprint density at radius 2 is 2.16 bits per heavy atom. The molecule has 4 heteroatoms. The molecule has 0 aliphatic heterocycles. The van der Waals surface area contributed by atoms with Gasteiger partial charge in [-0.15, -0.1) is 0 Å². The van der Waals surface area contributed by atoms with E-state index in [2.05, 4.69) is 17.2 Å². The molecule has 1 amide bonds. The van der Waals surface area contributed by atoms with Gasteiger partial charge in [-0.2, -0.15) is 0 Å². The Labute approximate surface area is 113 Å². The summed E-state index contributed by atoms with van der Waals surface area (Å²) in [4.78, 5) is 11.7. The minimum Gasteiger partial charge on any atom is -0.384 e. The van der Waals surface area contributed by atoms with E-state index in [1.807, 2.05) is 19.1 Å². The molecule has 0 aromatic heterocycles. The third kappa shape index (κ3) is 6.05. The van der Waals surface area contributed by atoms with Crippen molar-refractivity contribution in [2.45, 2.75) is 19.8 Å². The van der Waals surface area contributed by atoms with Gasteiger partial charge < -0.3 is 15.2 Å². The van der Waals surface area contributed by atoms with Crippen molar-refractivity contribution in [2.75, 3.05) is 25.1 Å². The molecule has 19 heavy (non-hydrogen) atoms. The number of para-hydroxylation sites is 1. The zero-order valence-corrected chi connectivity index (χ0v) is 11.1. The molecule has 4 nitrogen and oxygen atoms in total. The molecule has 0 unspecified atom stereocenters. The molecule has 0 spiro atoms. The van der Waals surface area contributed by atoms with Crippen LogP contribution >= 0.6 is 0 Å². The van der Waals surface area contributed by atoms with E-state index in [1.165, 1.54) is 0 Å². The van der Waals surface area contributed by atoms with Crippen LogP contribution in [0.4, 0.5) is 5.69 Å². The van der Waals surface area contributed by atoms with Crippen molar-refractivity contribution in [1.29, 1.82) is 0 Å². The van der Waals surface area contributed by atoms with Crippen molar-refractivity contribution >= 4 is 11.6 Å². The highest BCUT2D eigenvalue weighted by Gasteiger charge is 2.05. The summed E-state index contributed by atoms with van der Waals surface area (Å²) in [6.45, 7) is 2.92. The SMILES string of the molecule is CCCOCCC(=O)Nc1ccccc1C#CCO. The number of rotatable bonds is 6. The largest absolute Gasteiger partial charge is 0.384 e. The number of benzene rings is 1. The van der Waals surface area contributed by atoms with Gasteiger partial charge in [0.25, 0.3) is 0 Å². The fourth-order valence-corrected chi connectivity index (χ4v) is 1.46. The molecule has 0 bridgehead atoms. The maximum atomic E-state index is 11.7. The second-order valence-electron chi connectivity index (χ2n) is 3.92. The maximum Gasteiger partial charge on any atom is 0.226 e. The predicted octanol–water partition coefficient (Wildman–Crippen LogP) is 1.79. The zero-order valence-electron chi connectivity index (χ0n) is 11.1. The van der Waals surface area contributed by atoms with Crippen LogP contribution in [-0.4, -0.2) is 30.8 Å². The first kappa shape index (κ1) is 15.2. The number of hydrogen-bond donors (Lipinski definition) is 2. The van der Waals surface area contributed by atoms with Gasteiger partial charge in [0.15, 0.2) is 0 Å². The fraction of sp³-hybridized carbons (Fsp3) is 0.400. The minimum absolute atomic E-state index is 0.102. The van der Waals surface area contributed by atoms with Gasteiger partial charge in [0, 0.05) is 12.2 Å². The number of aliphatic hydroxyl groups is 1. The second-order valence-corrected chi connectivity index (χ2v) is 3.92. The van der Waals surface area contributed by atoms with Gasteiger partial charge in [-0.25, -0.2) is 0 Å². The quantitative estimate of drug-likeness (QED) is 0.606. The van der Waals surface area contributed by atoms with Crippen LogP contribution in [0, 0.1) is 11.8 Å². The fourth-order valence-electron chi connectivity index (χ4n) is 1.46. The van der Waals surface area contributed by atoms with Crippen LogP contribution in [-0.2, 0) is 9.53 Å². The van der Waals surface area contributed by atoms with Gasteiger partial charge in [0.05, 0.1) is 18.7 Å². The van der Waals surface area contributed by atoms with Crippen LogP contribution < -0.4 is 5.32 Å². The number of amides is 1. The molecule has 0 fully saturated rings. The number of hydrogen-bond acceptors (Lipinski definition) is 3. The van der Waals surface area contributed by atoms with Crippen molar-refractivity contribution in [3.05, 3.63) is 29.8 Å². The molecule has 102 valence electrons. The third-order valence-corrected chi connectivity index (χ3v) is 2.33. The average molecular weight is 261 g/mol. The number of carbonyl (C=O) groups excluding carboxylic acids is 1. The summed E-state index contributed by atoms with van der Waals surface area (Å²) in [6.07, 6.45) is 1.27. The van der Waals surface area contributed by atoms with Crippen molar-refractivity contribution < 1.29 is 14.6 Å². The lowest BCUT2D eigenvalue weighted by molar-refractivity contribution is -0.117. The first-order valence-corrected chi connectivity index (χ1v) is 6.34. The molecule has 0 aliphatic rings. The molecule has 0 heterocycles. The lowest BCUT2D eigenvalue weighted by atomic mass is 10.2. The van der Waals surface area contributed by atoms with E-state index in [4.69, 9.17) is 9.84 Å². The topological polar surface area (TPSA) is 58.6 Å². The van der Waals surface area contributed by atoms with E-state index in [1.54, 1.807) is 12.1 Å². The van der Waals surface area contributed by atoms with E-state index < -0.39 is 0 Å². The molecule has 1 aromatic carbocycles. The van der Waals surface area contributed by atoms with Crippen LogP contribution in [0.2, 0.25) is 0 Å². The van der Waals surface area contributed by atoms with E-state index in [-0.39, 0.29) is 12.5 Å². The highest BCUT2D eigenvalue weighted by molar-refractivity contribution is 5.92. The first-order valence-electron chi connectivity index (χ1n) is 6.34. The predicted molar refractivity (Wildman–Crippen MR) is 74.8 cm³/mol. The Kier molecular flexibility index (Phi) is 7.33. The third-order valence-electron chi connectivity index (χ3n) is 2.33. The molecular formula is C15H19NO3. The smallest absolute Gasteiger partial charge is 0.226 e. The number of carbonyl (C=O) groups is 1. The molecule has 0 atom stereocenters. The molecule has 0 saturated carbocycles. The summed E-state index contributed by atoms with van der Waals surface area (Å²) in [7, 11) is 0. The normalized spacial score (nSPS) is 9.58. The van der Waals surface area contributed by atoms with Crippen LogP contribution in [0.3, 0.4) is 0 Å². The van der Waals surface area contributed by atoms with Crippen LogP contribution in [0.5, 0.6) is 0 Å². The molecule has 2 N–H and O–H groups in total. The highest BCUT2D eigenvalue weighted by atomic mass is 16.5. The standard InChI is InChI=1S/C15H19NO3/c1-2-11-19-12-9-15(18)16-14-8-4-3-6-13(14)7-5-10-17/h3-4,6,8,17H,2,9-12H2,1H3,(H,16,18). The molecular weight excluding hydrogens is 242 g/mol. The molecule has 1 aromatic rings. The number of ether oxygens (including phenoxy) is 1. The summed E-state index contributed by atoms with van der Waals surface area (Å²) in [5.74, 6) is 5.26. The Morgan fingerprint density at radius 3 is 2.89 bits per heavy atom. The van der Waals surface area contributed by atoms with Crippen molar-refractivity contribution in [1.82, 2.24) is 0 Å². The zero-order chi connectivity index (χ0) is 13.9. The van der Waals surface area contributed by atoms with Crippen molar-refractivity contribution in [3.63, 3.8) is 0 Å². The van der Waals surface area contributed by atoms with E-state index in [0.29, 0.717) is 30.9 Å². The Bertz CT molecular complexity index is 460. The second kappa shape index (κ2) is 9.15. The van der Waals surface area contributed by atoms with Crippen LogP contribution in [0.25, 0.3) is 0 Å². The molecule has 0 radical (unpaired) electrons. The van der Waals surface area contributed by atoms with Crippen molar-refractivity contribution in [2.24, 2.45) is 0 Å². The number of aliphatic hydroxyl groups excluding tert-OH is 1. The van der Waals surface area contributed by atoms with Gasteiger partial charge >= 0.3 is 0 Å². The molecule has 0 saturated heterocycles. The summed E-state index contributed by atoms with van der Waals surface area (Å²) < 4.78 is 5.26. The Balaban J connectivity index is 2.54. The highest BCUT2D eigenvalue weighted by Crippen LogP contribution is 2.13. The molecule has 1 rings (SSSR count). The Hall–Kier alpha value is -1.83. The monoisotopic (exact) mass is 261 g/mol. The maximum absolute atomic E-state index is 11.7. The van der Waals surface area contributed by atoms with Crippen LogP contribution in [0.15, 0.2) is 24.3 Å². The summed E-state index contributed by atoms with van der Waals surface area (Å²) in [5, 5.41) is 11.5. The number of nitrogens with one attached hydrogen (secondary N) is 1. The lowest BCUT2D eigenvalue weighted by Gasteiger charge is -2.07. The average Bonchev–Trinajstić information content (AvgIpc) is 2.43. The first-order chi connectivity index (χ1) is 9.27. The van der Waals surface area contributed by atoms with E-state index in [0.717, 1.165) is 6.42 Å². The van der Waals surface area contributed by atoms with Gasteiger partial charge in [-0.1, -0.05) is 30.9 Å². The van der Waals surface area contributed by atoms with Gasteiger partial charge in [-0.3, -0.25) is 4.79 Å². The molecule has 0 aliphatic carbocycles. The summed E-state index contributed by atoms with van der Waals surface area (Å²) in [6, 6.07) is 7.24. The van der Waals surface area contributed by atoms with E-state index >= 15 is 0 Å². The van der Waals surface area contributed by atoms with Gasteiger partial charge in [0.1, 0.15) is 6.61 Å². The van der Waals surface area contributed by atoms with Gasteiger partial charge in [-0.05, 0) is 18.6 Å². The van der Waals surface area contributed by atoms with Gasteiger partial charge in [0.2, 0.25) is 5.91 Å². The summed E-state index contributed by atoms with van der Waals surface area (Å²) in [5.41, 5.74) is 1.35. The van der Waals surface area contributed by atoms with Crippen molar-refractivity contribution in [3.8, 4) is 11.8 Å². The number of anilines is 1. The minimum atomic E-state index is -0.201. The van der Waals surface area contributed by atoms with E-state index in [9.17, 15) is 4.79 Å². The lowest BCUT2D eigenvalue weighted by Crippen LogP contribution is -2.15. The van der Waals surface area contributed by atoms with Crippen LogP contribution in [0.1, 0.15) is 25.3 Å². The summed E-state index contributed by atoms with van der Waals surface area (Å²) >= 11 is 0.